The highest BCUT2D eigenvalue weighted by molar-refractivity contribution is 9.10. The van der Waals surface area contributed by atoms with Gasteiger partial charge >= 0.3 is 5.97 Å². The number of hydrogen-bond donors (Lipinski definition) is 1. The first-order chi connectivity index (χ1) is 8.06. The molecule has 1 aromatic carbocycles. The Morgan fingerprint density at radius 1 is 1.53 bits per heavy atom. The van der Waals surface area contributed by atoms with Crippen LogP contribution < -0.4 is 0 Å². The Morgan fingerprint density at radius 2 is 2.24 bits per heavy atom. The molecule has 1 aromatic rings. The van der Waals surface area contributed by atoms with E-state index in [0.717, 1.165) is 4.47 Å². The Kier molecular flexibility index (Phi) is 5.80. The van der Waals surface area contributed by atoms with Crippen molar-refractivity contribution in [3.63, 3.8) is 0 Å². The maximum Gasteiger partial charge on any atom is 0.336 e. The highest BCUT2D eigenvalue weighted by atomic mass is 79.9. The zero-order valence-corrected chi connectivity index (χ0v) is 11.7. The second-order valence-corrected chi connectivity index (χ2v) is 5.80. The van der Waals surface area contributed by atoms with Gasteiger partial charge in [-0.05, 0) is 24.6 Å². The summed E-state index contributed by atoms with van der Waals surface area (Å²) in [6.07, 6.45) is 0.634. The van der Waals surface area contributed by atoms with E-state index in [1.807, 2.05) is 0 Å². The van der Waals surface area contributed by atoms with Gasteiger partial charge in [-0.1, -0.05) is 15.9 Å². The van der Waals surface area contributed by atoms with Crippen LogP contribution in [0.3, 0.4) is 0 Å². The van der Waals surface area contributed by atoms with Gasteiger partial charge in [0, 0.05) is 23.9 Å². The number of carbonyl (C=O) groups is 1. The van der Waals surface area contributed by atoms with Crippen molar-refractivity contribution in [2.24, 2.45) is 0 Å². The lowest BCUT2D eigenvalue weighted by Gasteiger charge is -2.06. The third-order valence-electron chi connectivity index (χ3n) is 2.10. The molecule has 0 heterocycles. The molecule has 0 saturated carbocycles. The zero-order valence-electron chi connectivity index (χ0n) is 9.31. The number of hydrogen-bond acceptors (Lipinski definition) is 3. The SMILES string of the molecule is COCCCS(=O)c1cc(Br)ccc1C(=O)O. The van der Waals surface area contributed by atoms with Crippen LogP contribution in [0.2, 0.25) is 0 Å². The van der Waals surface area contributed by atoms with Crippen LogP contribution in [-0.4, -0.2) is 34.8 Å². The Bertz CT molecular complexity index is 433. The monoisotopic (exact) mass is 320 g/mol. The Morgan fingerprint density at radius 3 is 2.82 bits per heavy atom. The third-order valence-corrected chi connectivity index (χ3v) is 4.08. The van der Waals surface area contributed by atoms with Gasteiger partial charge < -0.3 is 9.84 Å². The van der Waals surface area contributed by atoms with Gasteiger partial charge in [-0.25, -0.2) is 4.79 Å². The first-order valence-corrected chi connectivity index (χ1v) is 7.07. The summed E-state index contributed by atoms with van der Waals surface area (Å²) in [6.45, 7) is 0.516. The standard InChI is InChI=1S/C11H13BrO4S/c1-16-5-2-6-17(15)10-7-8(12)3-4-9(10)11(13)14/h3-4,7H,2,5-6H2,1H3,(H,13,14). The first-order valence-electron chi connectivity index (χ1n) is 4.96. The van der Waals surface area contributed by atoms with Gasteiger partial charge in [0.1, 0.15) is 0 Å². The van der Waals surface area contributed by atoms with Gasteiger partial charge in [0.15, 0.2) is 0 Å². The largest absolute Gasteiger partial charge is 0.478 e. The predicted molar refractivity (Wildman–Crippen MR) is 68.9 cm³/mol. The molecule has 0 aromatic heterocycles. The fourth-order valence-electron chi connectivity index (χ4n) is 1.31. The van der Waals surface area contributed by atoms with Crippen molar-refractivity contribution in [3.05, 3.63) is 28.2 Å². The van der Waals surface area contributed by atoms with Crippen molar-refractivity contribution in [2.75, 3.05) is 19.5 Å². The van der Waals surface area contributed by atoms with Gasteiger partial charge in [-0.2, -0.15) is 0 Å². The summed E-state index contributed by atoms with van der Waals surface area (Å²) in [7, 11) is 0.256. The molecule has 1 atom stereocenters. The molecule has 17 heavy (non-hydrogen) atoms. The highest BCUT2D eigenvalue weighted by Gasteiger charge is 2.15. The molecule has 0 aliphatic rings. The van der Waals surface area contributed by atoms with E-state index in [1.54, 1.807) is 19.2 Å². The second-order valence-electron chi connectivity index (χ2n) is 3.34. The van der Waals surface area contributed by atoms with E-state index in [4.69, 9.17) is 9.84 Å². The number of rotatable bonds is 6. The topological polar surface area (TPSA) is 63.6 Å². The fourth-order valence-corrected chi connectivity index (χ4v) is 3.08. The van der Waals surface area contributed by atoms with Crippen LogP contribution in [0.5, 0.6) is 0 Å². The van der Waals surface area contributed by atoms with Crippen molar-refractivity contribution < 1.29 is 18.8 Å². The summed E-state index contributed by atoms with van der Waals surface area (Å²) >= 11 is 3.24. The second kappa shape index (κ2) is 6.88. The molecule has 1 unspecified atom stereocenters. The molecule has 4 nitrogen and oxygen atoms in total. The summed E-state index contributed by atoms with van der Waals surface area (Å²) in [5.74, 6) is -0.669. The van der Waals surface area contributed by atoms with E-state index in [9.17, 15) is 9.00 Å². The lowest BCUT2D eigenvalue weighted by molar-refractivity contribution is 0.0693. The van der Waals surface area contributed by atoms with Crippen molar-refractivity contribution in [1.29, 1.82) is 0 Å². The number of benzene rings is 1. The minimum atomic E-state index is -1.32. The molecular formula is C11H13BrO4S. The normalized spacial score (nSPS) is 12.4. The van der Waals surface area contributed by atoms with Gasteiger partial charge in [0.25, 0.3) is 0 Å². The van der Waals surface area contributed by atoms with Crippen LogP contribution in [0.4, 0.5) is 0 Å². The van der Waals surface area contributed by atoms with Crippen LogP contribution in [0.15, 0.2) is 27.6 Å². The molecule has 6 heteroatoms. The molecule has 94 valence electrons. The Hall–Kier alpha value is -0.720. The lowest BCUT2D eigenvalue weighted by atomic mass is 10.2. The van der Waals surface area contributed by atoms with Crippen molar-refractivity contribution in [3.8, 4) is 0 Å². The molecule has 0 saturated heterocycles. The maximum absolute atomic E-state index is 12.0. The molecule has 0 radical (unpaired) electrons. The molecule has 1 N–H and O–H groups in total. The van der Waals surface area contributed by atoms with E-state index < -0.39 is 16.8 Å². The zero-order chi connectivity index (χ0) is 12.8. The van der Waals surface area contributed by atoms with E-state index >= 15 is 0 Å². The number of methoxy groups -OCH3 is 1. The molecule has 0 aliphatic heterocycles. The van der Waals surface area contributed by atoms with E-state index in [2.05, 4.69) is 15.9 Å². The summed E-state index contributed by atoms with van der Waals surface area (Å²) in [6, 6.07) is 4.67. The predicted octanol–water partition coefficient (Wildman–Crippen LogP) is 2.29. The highest BCUT2D eigenvalue weighted by Crippen LogP contribution is 2.20. The smallest absolute Gasteiger partial charge is 0.336 e. The van der Waals surface area contributed by atoms with Crippen LogP contribution in [-0.2, 0) is 15.5 Å². The fraction of sp³-hybridized carbons (Fsp3) is 0.364. The molecule has 1 rings (SSSR count). The number of carboxylic acid groups (broad SMARTS) is 1. The lowest BCUT2D eigenvalue weighted by Crippen LogP contribution is -2.08. The first kappa shape index (κ1) is 14.3. The number of aromatic carboxylic acids is 1. The van der Waals surface area contributed by atoms with Gasteiger partial charge in [0.2, 0.25) is 0 Å². The molecule has 0 bridgehead atoms. The van der Waals surface area contributed by atoms with Gasteiger partial charge in [0.05, 0.1) is 21.3 Å². The third kappa shape index (κ3) is 4.22. The summed E-state index contributed by atoms with van der Waals surface area (Å²) in [5, 5.41) is 9.00. The van der Waals surface area contributed by atoms with Crippen LogP contribution >= 0.6 is 15.9 Å². The van der Waals surface area contributed by atoms with E-state index in [0.29, 0.717) is 23.7 Å². The van der Waals surface area contributed by atoms with Gasteiger partial charge in [-0.3, -0.25) is 4.21 Å². The van der Waals surface area contributed by atoms with Gasteiger partial charge in [-0.15, -0.1) is 0 Å². The van der Waals surface area contributed by atoms with E-state index in [-0.39, 0.29) is 5.56 Å². The number of carboxylic acids is 1. The Labute approximate surface area is 111 Å². The molecule has 0 fully saturated rings. The van der Waals surface area contributed by atoms with Crippen LogP contribution in [0.25, 0.3) is 0 Å². The van der Waals surface area contributed by atoms with E-state index in [1.165, 1.54) is 6.07 Å². The van der Waals surface area contributed by atoms with Crippen LogP contribution in [0.1, 0.15) is 16.8 Å². The number of halogens is 1. The summed E-state index contributed by atoms with van der Waals surface area (Å²) in [5.41, 5.74) is 0.0870. The summed E-state index contributed by atoms with van der Waals surface area (Å²) < 4.78 is 17.6. The number of ether oxygens (including phenoxy) is 1. The maximum atomic E-state index is 12.0. The Balaban J connectivity index is 2.90. The molecular weight excluding hydrogens is 308 g/mol. The van der Waals surface area contributed by atoms with Crippen LogP contribution in [0, 0.1) is 0 Å². The molecule has 0 amide bonds. The van der Waals surface area contributed by atoms with Crippen molar-refractivity contribution >= 4 is 32.7 Å². The summed E-state index contributed by atoms with van der Waals surface area (Å²) in [4.78, 5) is 11.3. The average Bonchev–Trinajstić information content (AvgIpc) is 2.28. The quantitative estimate of drug-likeness (QED) is 0.817. The molecule has 0 aliphatic carbocycles. The minimum absolute atomic E-state index is 0.0870. The molecule has 0 spiro atoms. The average molecular weight is 321 g/mol. The minimum Gasteiger partial charge on any atom is -0.478 e. The van der Waals surface area contributed by atoms with Crippen molar-refractivity contribution in [2.45, 2.75) is 11.3 Å². The van der Waals surface area contributed by atoms with Crippen molar-refractivity contribution in [1.82, 2.24) is 0 Å².